The van der Waals surface area contributed by atoms with E-state index in [1.165, 1.54) is 38.0 Å². The molecule has 1 aromatic carbocycles. The molecular formula is C29H38N8O3. The van der Waals surface area contributed by atoms with E-state index in [0.717, 1.165) is 50.5 Å². The van der Waals surface area contributed by atoms with Crippen LogP contribution in [0.5, 0.6) is 0 Å². The molecule has 3 amide bonds. The Morgan fingerprint density at radius 3 is 2.30 bits per heavy atom. The normalized spacial score (nSPS) is 23.9. The minimum absolute atomic E-state index is 0.163. The highest BCUT2D eigenvalue weighted by molar-refractivity contribution is 6.03. The lowest BCUT2D eigenvalue weighted by Gasteiger charge is -2.41. The quantitative estimate of drug-likeness (QED) is 0.377. The van der Waals surface area contributed by atoms with Crippen LogP contribution in [0.15, 0.2) is 36.4 Å². The van der Waals surface area contributed by atoms with Crippen molar-refractivity contribution in [3.8, 4) is 0 Å². The second-order valence-electron chi connectivity index (χ2n) is 11.8. The predicted octanol–water partition coefficient (Wildman–Crippen LogP) is 1.56. The number of nitrogens with zero attached hydrogens (tertiary/aromatic N) is 5. The SMILES string of the molecule is Nc1ccc(N2CCC(N3CCC4(CCN(c5ccc(C(=O)NC6CCC(=O)NC6=O)nn5)CC4)C3)CC2)cc1. The molecule has 11 nitrogen and oxygen atoms in total. The lowest BCUT2D eigenvalue weighted by molar-refractivity contribution is -0.134. The van der Waals surface area contributed by atoms with Gasteiger partial charge in [0.15, 0.2) is 11.5 Å². The van der Waals surface area contributed by atoms with E-state index in [-0.39, 0.29) is 24.4 Å². The Balaban J connectivity index is 0.972. The summed E-state index contributed by atoms with van der Waals surface area (Å²) >= 11 is 0. The number of amides is 3. The molecule has 4 N–H and O–H groups in total. The number of carbonyl (C=O) groups is 3. The molecular weight excluding hydrogens is 508 g/mol. The van der Waals surface area contributed by atoms with Gasteiger partial charge in [0.05, 0.1) is 0 Å². The second-order valence-corrected chi connectivity index (χ2v) is 11.8. The summed E-state index contributed by atoms with van der Waals surface area (Å²) in [4.78, 5) is 43.3. The highest BCUT2D eigenvalue weighted by Crippen LogP contribution is 2.42. The molecule has 1 aromatic heterocycles. The summed E-state index contributed by atoms with van der Waals surface area (Å²) in [5, 5.41) is 13.4. The average molecular weight is 547 g/mol. The van der Waals surface area contributed by atoms with Crippen LogP contribution in [0.25, 0.3) is 0 Å². The van der Waals surface area contributed by atoms with Crippen LogP contribution in [0.2, 0.25) is 0 Å². The van der Waals surface area contributed by atoms with Gasteiger partial charge >= 0.3 is 0 Å². The van der Waals surface area contributed by atoms with Crippen molar-refractivity contribution in [1.29, 1.82) is 0 Å². The van der Waals surface area contributed by atoms with Crippen LogP contribution in [0.3, 0.4) is 0 Å². The monoisotopic (exact) mass is 546 g/mol. The van der Waals surface area contributed by atoms with E-state index >= 15 is 0 Å². The third-order valence-electron chi connectivity index (χ3n) is 9.28. The summed E-state index contributed by atoms with van der Waals surface area (Å²) < 4.78 is 0. The number of carbonyl (C=O) groups excluding carboxylic acids is 3. The average Bonchev–Trinajstić information content (AvgIpc) is 3.39. The molecule has 1 atom stereocenters. The lowest BCUT2D eigenvalue weighted by Crippen LogP contribution is -2.52. The van der Waals surface area contributed by atoms with Crippen molar-refractivity contribution >= 4 is 34.9 Å². The first-order valence-corrected chi connectivity index (χ1v) is 14.5. The second kappa shape index (κ2) is 11.0. The molecule has 1 spiro atoms. The van der Waals surface area contributed by atoms with Gasteiger partial charge in [-0.1, -0.05) is 0 Å². The number of piperidine rings is 3. The van der Waals surface area contributed by atoms with Crippen LogP contribution in [0.1, 0.15) is 55.4 Å². The number of rotatable bonds is 5. The number of aromatic nitrogens is 2. The van der Waals surface area contributed by atoms with Gasteiger partial charge in [0.2, 0.25) is 11.8 Å². The molecule has 1 unspecified atom stereocenters. The van der Waals surface area contributed by atoms with E-state index in [4.69, 9.17) is 5.73 Å². The fourth-order valence-corrected chi connectivity index (χ4v) is 6.75. The van der Waals surface area contributed by atoms with Gasteiger partial charge in [-0.25, -0.2) is 0 Å². The summed E-state index contributed by atoms with van der Waals surface area (Å²) in [5.41, 5.74) is 8.47. The summed E-state index contributed by atoms with van der Waals surface area (Å²) in [6.07, 6.45) is 6.42. The number of likely N-dealkylation sites (tertiary alicyclic amines) is 1. The maximum absolute atomic E-state index is 12.6. The third kappa shape index (κ3) is 5.60. The highest BCUT2D eigenvalue weighted by atomic mass is 16.2. The topological polar surface area (TPSA) is 137 Å². The molecule has 5 heterocycles. The van der Waals surface area contributed by atoms with Crippen molar-refractivity contribution in [2.75, 3.05) is 54.8 Å². The molecule has 4 saturated heterocycles. The van der Waals surface area contributed by atoms with E-state index < -0.39 is 17.9 Å². The smallest absolute Gasteiger partial charge is 0.272 e. The largest absolute Gasteiger partial charge is 0.399 e. The summed E-state index contributed by atoms with van der Waals surface area (Å²) in [5.74, 6) is -0.483. The molecule has 40 heavy (non-hydrogen) atoms. The minimum Gasteiger partial charge on any atom is -0.399 e. The molecule has 0 radical (unpaired) electrons. The summed E-state index contributed by atoms with van der Waals surface area (Å²) in [6, 6.07) is 11.6. The van der Waals surface area contributed by atoms with E-state index in [1.807, 2.05) is 18.2 Å². The molecule has 6 rings (SSSR count). The van der Waals surface area contributed by atoms with Crippen molar-refractivity contribution in [3.05, 3.63) is 42.1 Å². The Bertz CT molecular complexity index is 1230. The molecule has 4 fully saturated rings. The molecule has 0 bridgehead atoms. The maximum atomic E-state index is 12.6. The number of benzene rings is 1. The van der Waals surface area contributed by atoms with Gasteiger partial charge in [0.1, 0.15) is 6.04 Å². The molecule has 4 aliphatic rings. The van der Waals surface area contributed by atoms with Gasteiger partial charge in [-0.3, -0.25) is 24.6 Å². The maximum Gasteiger partial charge on any atom is 0.272 e. The number of nitrogens with two attached hydrogens (primary N) is 1. The fraction of sp³-hybridized carbons (Fsp3) is 0.552. The highest BCUT2D eigenvalue weighted by Gasteiger charge is 2.43. The van der Waals surface area contributed by atoms with Crippen LogP contribution in [0, 0.1) is 5.41 Å². The first kappa shape index (κ1) is 26.5. The van der Waals surface area contributed by atoms with Crippen LogP contribution < -0.4 is 26.2 Å². The van der Waals surface area contributed by atoms with Gasteiger partial charge < -0.3 is 20.9 Å². The Labute approximate surface area is 234 Å². The first-order valence-electron chi connectivity index (χ1n) is 14.5. The first-order chi connectivity index (χ1) is 19.4. The molecule has 212 valence electrons. The minimum atomic E-state index is -0.729. The number of nitrogen functional groups attached to an aromatic ring is 1. The molecule has 0 aliphatic carbocycles. The molecule has 4 aliphatic heterocycles. The number of imide groups is 1. The van der Waals surface area contributed by atoms with Crippen molar-refractivity contribution in [2.24, 2.45) is 5.41 Å². The lowest BCUT2D eigenvalue weighted by atomic mass is 9.77. The Kier molecular flexibility index (Phi) is 7.31. The molecule has 0 saturated carbocycles. The Morgan fingerprint density at radius 2 is 1.62 bits per heavy atom. The van der Waals surface area contributed by atoms with E-state index in [1.54, 1.807) is 6.07 Å². The van der Waals surface area contributed by atoms with Gasteiger partial charge in [0.25, 0.3) is 5.91 Å². The Hall–Kier alpha value is -3.73. The number of nitrogens with one attached hydrogen (secondary N) is 2. The van der Waals surface area contributed by atoms with Crippen LogP contribution >= 0.6 is 0 Å². The van der Waals surface area contributed by atoms with Gasteiger partial charge in [-0.2, -0.15) is 0 Å². The van der Waals surface area contributed by atoms with E-state index in [2.05, 4.69) is 47.7 Å². The number of anilines is 3. The fourth-order valence-electron chi connectivity index (χ4n) is 6.75. The van der Waals surface area contributed by atoms with Gasteiger partial charge in [-0.15, -0.1) is 10.2 Å². The van der Waals surface area contributed by atoms with Crippen molar-refractivity contribution in [2.45, 2.75) is 57.0 Å². The van der Waals surface area contributed by atoms with Gasteiger partial charge in [-0.05, 0) is 86.9 Å². The van der Waals surface area contributed by atoms with Crippen LogP contribution in [0.4, 0.5) is 17.2 Å². The summed E-state index contributed by atoms with van der Waals surface area (Å²) in [7, 11) is 0. The van der Waals surface area contributed by atoms with Crippen molar-refractivity contribution in [3.63, 3.8) is 0 Å². The van der Waals surface area contributed by atoms with Crippen molar-refractivity contribution in [1.82, 2.24) is 25.7 Å². The van der Waals surface area contributed by atoms with E-state index in [9.17, 15) is 14.4 Å². The van der Waals surface area contributed by atoms with Gasteiger partial charge in [0, 0.05) is 56.6 Å². The zero-order chi connectivity index (χ0) is 27.7. The third-order valence-corrected chi connectivity index (χ3v) is 9.28. The number of hydrogen-bond donors (Lipinski definition) is 3. The zero-order valence-electron chi connectivity index (χ0n) is 22.8. The molecule has 2 aromatic rings. The standard InChI is InChI=1S/C29H38N8O3/c30-20-1-3-21(4-2-20)35-14-9-22(10-15-35)37-18-13-29(19-37)11-16-36(17-12-29)25-7-5-24(33-34-25)28(40)31-23-6-8-26(38)32-27(23)39/h1-5,7,22-23H,6,8-19,30H2,(H,31,40)(H,32,38,39). The summed E-state index contributed by atoms with van der Waals surface area (Å²) in [6.45, 7) is 6.40. The zero-order valence-corrected chi connectivity index (χ0v) is 22.8. The Morgan fingerprint density at radius 1 is 0.900 bits per heavy atom. The number of hydrogen-bond acceptors (Lipinski definition) is 9. The van der Waals surface area contributed by atoms with Crippen LogP contribution in [-0.2, 0) is 9.59 Å². The van der Waals surface area contributed by atoms with Crippen LogP contribution in [-0.4, -0.2) is 84.2 Å². The molecule has 11 heteroatoms. The van der Waals surface area contributed by atoms with E-state index in [0.29, 0.717) is 11.5 Å². The van der Waals surface area contributed by atoms with Crippen molar-refractivity contribution < 1.29 is 14.4 Å². The predicted molar refractivity (Wildman–Crippen MR) is 152 cm³/mol.